The van der Waals surface area contributed by atoms with E-state index in [0.717, 1.165) is 0 Å². The monoisotopic (exact) mass is 273 g/mol. The lowest BCUT2D eigenvalue weighted by Crippen LogP contribution is -1.82. The van der Waals surface area contributed by atoms with Crippen molar-refractivity contribution in [3.63, 3.8) is 0 Å². The van der Waals surface area contributed by atoms with Gasteiger partial charge in [0.15, 0.2) is 0 Å². The Labute approximate surface area is 105 Å². The summed E-state index contributed by atoms with van der Waals surface area (Å²) in [6, 6.07) is 16.8. The summed E-state index contributed by atoms with van der Waals surface area (Å²) in [4.78, 5) is 0. The number of rotatable bonds is 1. The lowest BCUT2D eigenvalue weighted by molar-refractivity contribution is 1.30. The molecule has 0 unspecified atom stereocenters. The first-order chi connectivity index (χ1) is 7.42. The number of aromatic nitrogens is 1. The second kappa shape index (κ2) is 4.14. The molecule has 3 rings (SSSR count). The number of hydrogen-bond donors (Lipinski definition) is 0. The molecule has 0 bridgehead atoms. The molecule has 2 heteroatoms. The molecule has 0 N–H and O–H groups in total. The SMILES string of the molecule is Br.C=Cn1c2ccccc2c2ccccc21. The van der Waals surface area contributed by atoms with Gasteiger partial charge in [0.05, 0.1) is 11.0 Å². The molecule has 16 heavy (non-hydrogen) atoms. The maximum Gasteiger partial charge on any atom is 0.0534 e. The molecule has 1 heterocycles. The van der Waals surface area contributed by atoms with Crippen molar-refractivity contribution < 1.29 is 0 Å². The van der Waals surface area contributed by atoms with Gasteiger partial charge in [0.25, 0.3) is 0 Å². The Kier molecular flexibility index (Phi) is 2.84. The molecular weight excluding hydrogens is 262 g/mol. The van der Waals surface area contributed by atoms with Crippen LogP contribution in [0, 0.1) is 0 Å². The molecule has 0 aliphatic carbocycles. The van der Waals surface area contributed by atoms with Crippen LogP contribution in [0.1, 0.15) is 0 Å². The van der Waals surface area contributed by atoms with Gasteiger partial charge in [0.1, 0.15) is 0 Å². The summed E-state index contributed by atoms with van der Waals surface area (Å²) < 4.78 is 2.13. The second-order valence-corrected chi connectivity index (χ2v) is 3.59. The molecule has 1 nitrogen and oxygen atoms in total. The molecule has 0 saturated heterocycles. The summed E-state index contributed by atoms with van der Waals surface area (Å²) in [6.07, 6.45) is 1.87. The Balaban J connectivity index is 0.000000963. The number of halogens is 1. The Morgan fingerprint density at radius 1 is 0.812 bits per heavy atom. The highest BCUT2D eigenvalue weighted by molar-refractivity contribution is 8.93. The third kappa shape index (κ3) is 1.38. The van der Waals surface area contributed by atoms with Gasteiger partial charge in [-0.3, -0.25) is 0 Å². The van der Waals surface area contributed by atoms with Crippen LogP contribution in [0.3, 0.4) is 0 Å². The molecule has 0 fully saturated rings. The summed E-state index contributed by atoms with van der Waals surface area (Å²) >= 11 is 0. The molecule has 0 atom stereocenters. The van der Waals surface area contributed by atoms with Crippen LogP contribution in [0.25, 0.3) is 28.0 Å². The van der Waals surface area contributed by atoms with Crippen molar-refractivity contribution in [3.05, 3.63) is 55.1 Å². The number of para-hydroxylation sites is 2. The quantitative estimate of drug-likeness (QED) is 0.617. The fraction of sp³-hybridized carbons (Fsp3) is 0. The predicted octanol–water partition coefficient (Wildman–Crippen LogP) is 4.47. The van der Waals surface area contributed by atoms with E-state index in [-0.39, 0.29) is 17.0 Å². The van der Waals surface area contributed by atoms with Crippen molar-refractivity contribution in [2.24, 2.45) is 0 Å². The first-order valence-electron chi connectivity index (χ1n) is 5.02. The lowest BCUT2D eigenvalue weighted by Gasteiger charge is -1.97. The Hall–Kier alpha value is -1.54. The van der Waals surface area contributed by atoms with Crippen LogP contribution in [0.5, 0.6) is 0 Å². The molecule has 3 aromatic rings. The molecule has 1 aromatic heterocycles. The minimum absolute atomic E-state index is 0. The van der Waals surface area contributed by atoms with Gasteiger partial charge >= 0.3 is 0 Å². The Bertz CT molecular complexity index is 599. The van der Waals surface area contributed by atoms with Crippen molar-refractivity contribution >= 4 is 45.0 Å². The molecule has 0 saturated carbocycles. The highest BCUT2D eigenvalue weighted by Gasteiger charge is 2.06. The fourth-order valence-corrected chi connectivity index (χ4v) is 2.15. The molecule has 0 radical (unpaired) electrons. The van der Waals surface area contributed by atoms with E-state index in [9.17, 15) is 0 Å². The second-order valence-electron chi connectivity index (χ2n) is 3.59. The van der Waals surface area contributed by atoms with Crippen LogP contribution in [0.15, 0.2) is 55.1 Å². The predicted molar refractivity (Wildman–Crippen MR) is 76.2 cm³/mol. The van der Waals surface area contributed by atoms with Gasteiger partial charge in [-0.15, -0.1) is 17.0 Å². The van der Waals surface area contributed by atoms with E-state index >= 15 is 0 Å². The van der Waals surface area contributed by atoms with Crippen molar-refractivity contribution in [2.75, 3.05) is 0 Å². The molecular formula is C14H12BrN. The van der Waals surface area contributed by atoms with Crippen LogP contribution < -0.4 is 0 Å². The molecule has 2 aromatic carbocycles. The maximum absolute atomic E-state index is 3.87. The largest absolute Gasteiger partial charge is 0.317 e. The van der Waals surface area contributed by atoms with Gasteiger partial charge in [0, 0.05) is 17.0 Å². The van der Waals surface area contributed by atoms with Gasteiger partial charge < -0.3 is 4.57 Å². The maximum atomic E-state index is 3.87. The summed E-state index contributed by atoms with van der Waals surface area (Å²) in [7, 11) is 0. The summed E-state index contributed by atoms with van der Waals surface area (Å²) in [5, 5.41) is 2.57. The minimum atomic E-state index is 0. The molecule has 0 spiro atoms. The first-order valence-corrected chi connectivity index (χ1v) is 5.02. The topological polar surface area (TPSA) is 4.93 Å². The van der Waals surface area contributed by atoms with Crippen molar-refractivity contribution in [1.82, 2.24) is 4.57 Å². The van der Waals surface area contributed by atoms with Gasteiger partial charge in [-0.1, -0.05) is 43.0 Å². The average Bonchev–Trinajstić information content (AvgIpc) is 2.63. The zero-order chi connectivity index (χ0) is 10.3. The number of nitrogens with zero attached hydrogens (tertiary/aromatic N) is 1. The Morgan fingerprint density at radius 2 is 1.25 bits per heavy atom. The molecule has 0 aliphatic heterocycles. The van der Waals surface area contributed by atoms with Crippen LogP contribution in [0.4, 0.5) is 0 Å². The zero-order valence-corrected chi connectivity index (χ0v) is 10.5. The van der Waals surface area contributed by atoms with E-state index in [1.54, 1.807) is 0 Å². The first kappa shape index (κ1) is 11.0. The number of fused-ring (bicyclic) bond motifs is 3. The Morgan fingerprint density at radius 3 is 1.69 bits per heavy atom. The molecule has 0 amide bonds. The highest BCUT2D eigenvalue weighted by atomic mass is 79.9. The van der Waals surface area contributed by atoms with E-state index in [0.29, 0.717) is 0 Å². The van der Waals surface area contributed by atoms with Crippen molar-refractivity contribution in [1.29, 1.82) is 0 Å². The van der Waals surface area contributed by atoms with Crippen LogP contribution in [-0.2, 0) is 0 Å². The molecule has 0 aliphatic rings. The zero-order valence-electron chi connectivity index (χ0n) is 8.76. The van der Waals surface area contributed by atoms with E-state index in [2.05, 4.69) is 59.7 Å². The van der Waals surface area contributed by atoms with Crippen molar-refractivity contribution in [3.8, 4) is 0 Å². The smallest absolute Gasteiger partial charge is 0.0534 e. The highest BCUT2D eigenvalue weighted by Crippen LogP contribution is 2.28. The third-order valence-electron chi connectivity index (χ3n) is 2.80. The van der Waals surface area contributed by atoms with E-state index in [4.69, 9.17) is 0 Å². The van der Waals surface area contributed by atoms with Gasteiger partial charge in [-0.05, 0) is 12.1 Å². The third-order valence-corrected chi connectivity index (χ3v) is 2.80. The molecule has 80 valence electrons. The minimum Gasteiger partial charge on any atom is -0.317 e. The van der Waals surface area contributed by atoms with Crippen LogP contribution >= 0.6 is 17.0 Å². The van der Waals surface area contributed by atoms with E-state index in [1.807, 2.05) is 6.20 Å². The van der Waals surface area contributed by atoms with Crippen molar-refractivity contribution in [2.45, 2.75) is 0 Å². The van der Waals surface area contributed by atoms with Crippen LogP contribution in [0.2, 0.25) is 0 Å². The summed E-state index contributed by atoms with van der Waals surface area (Å²) in [6.45, 7) is 3.87. The lowest BCUT2D eigenvalue weighted by atomic mass is 10.2. The van der Waals surface area contributed by atoms with E-state index in [1.165, 1.54) is 21.8 Å². The summed E-state index contributed by atoms with van der Waals surface area (Å²) in [5.41, 5.74) is 2.43. The fourth-order valence-electron chi connectivity index (χ4n) is 2.15. The normalized spacial score (nSPS) is 10.2. The van der Waals surface area contributed by atoms with Crippen LogP contribution in [-0.4, -0.2) is 4.57 Å². The van der Waals surface area contributed by atoms with Gasteiger partial charge in [-0.2, -0.15) is 0 Å². The van der Waals surface area contributed by atoms with E-state index < -0.39 is 0 Å². The van der Waals surface area contributed by atoms with Gasteiger partial charge in [0.2, 0.25) is 0 Å². The standard InChI is InChI=1S/C14H11N.BrH/c1-2-15-13-9-5-3-7-11(13)12-8-4-6-10-14(12)15;/h2-10H,1H2;1H. The number of benzene rings is 2. The number of hydrogen-bond acceptors (Lipinski definition) is 0. The summed E-state index contributed by atoms with van der Waals surface area (Å²) in [5.74, 6) is 0. The average molecular weight is 274 g/mol. The van der Waals surface area contributed by atoms with Gasteiger partial charge in [-0.25, -0.2) is 0 Å².